The number of nitrogens with one attached hydrogen (secondary N) is 1. The molecule has 1 aliphatic carbocycles. The van der Waals surface area contributed by atoms with Gasteiger partial charge in [0.2, 0.25) is 11.8 Å². The van der Waals surface area contributed by atoms with Crippen LogP contribution in [0.5, 0.6) is 0 Å². The van der Waals surface area contributed by atoms with Crippen LogP contribution in [0.1, 0.15) is 26.7 Å². The van der Waals surface area contributed by atoms with Gasteiger partial charge < -0.3 is 20.7 Å². The molecular formula is C15H27N3O3. The number of carbonyl (C=O) groups is 2. The molecule has 0 aromatic carbocycles. The Morgan fingerprint density at radius 1 is 1.24 bits per heavy atom. The third-order valence-corrected chi connectivity index (χ3v) is 4.97. The van der Waals surface area contributed by atoms with Crippen molar-refractivity contribution in [1.29, 1.82) is 0 Å². The fraction of sp³-hybridized carbons (Fsp3) is 0.867. The highest BCUT2D eigenvalue weighted by Crippen LogP contribution is 2.34. The highest BCUT2D eigenvalue weighted by atomic mass is 16.5. The molecule has 1 heterocycles. The monoisotopic (exact) mass is 297 g/mol. The zero-order valence-electron chi connectivity index (χ0n) is 13.2. The minimum atomic E-state index is -0.515. The van der Waals surface area contributed by atoms with Crippen LogP contribution in [0.3, 0.4) is 0 Å². The summed E-state index contributed by atoms with van der Waals surface area (Å²) >= 11 is 0. The number of rotatable bonds is 2. The van der Waals surface area contributed by atoms with Gasteiger partial charge >= 0.3 is 0 Å². The molecule has 5 unspecified atom stereocenters. The number of hydrogen-bond donors (Lipinski definition) is 2. The maximum Gasteiger partial charge on any atom is 0.244 e. The molecule has 1 saturated heterocycles. The van der Waals surface area contributed by atoms with E-state index in [9.17, 15) is 9.59 Å². The number of hydrogen-bond acceptors (Lipinski definition) is 4. The van der Waals surface area contributed by atoms with E-state index < -0.39 is 6.04 Å². The number of nitrogens with zero attached hydrogens (tertiary/aromatic N) is 1. The highest BCUT2D eigenvalue weighted by molar-refractivity contribution is 5.89. The van der Waals surface area contributed by atoms with Crippen LogP contribution in [-0.2, 0) is 14.3 Å². The van der Waals surface area contributed by atoms with Crippen LogP contribution in [0.15, 0.2) is 0 Å². The van der Waals surface area contributed by atoms with Gasteiger partial charge in [0.15, 0.2) is 0 Å². The lowest BCUT2D eigenvalue weighted by Gasteiger charge is -2.41. The van der Waals surface area contributed by atoms with Crippen LogP contribution in [0, 0.1) is 17.8 Å². The summed E-state index contributed by atoms with van der Waals surface area (Å²) in [5.41, 5.74) is 6.14. The topological polar surface area (TPSA) is 84.7 Å². The predicted octanol–water partition coefficient (Wildman–Crippen LogP) is -0.0307. The molecule has 1 saturated carbocycles. The van der Waals surface area contributed by atoms with Gasteiger partial charge in [0, 0.05) is 25.6 Å². The average Bonchev–Trinajstić information content (AvgIpc) is 2.49. The largest absolute Gasteiger partial charge is 0.377 e. The Hall–Kier alpha value is -1.14. The van der Waals surface area contributed by atoms with Crippen LogP contribution in [0.2, 0.25) is 0 Å². The van der Waals surface area contributed by atoms with Crippen molar-refractivity contribution in [2.75, 3.05) is 26.8 Å². The van der Waals surface area contributed by atoms with E-state index in [0.717, 1.165) is 6.42 Å². The molecule has 120 valence electrons. The van der Waals surface area contributed by atoms with E-state index in [4.69, 9.17) is 10.5 Å². The number of likely N-dealkylation sites (N-methyl/N-ethyl adjacent to an activating group) is 1. The van der Waals surface area contributed by atoms with Crippen molar-refractivity contribution in [1.82, 2.24) is 10.2 Å². The van der Waals surface area contributed by atoms with Crippen LogP contribution in [0.25, 0.3) is 0 Å². The first-order valence-electron chi connectivity index (χ1n) is 7.81. The van der Waals surface area contributed by atoms with E-state index in [1.54, 1.807) is 11.9 Å². The van der Waals surface area contributed by atoms with Crippen molar-refractivity contribution < 1.29 is 14.3 Å². The third kappa shape index (κ3) is 3.37. The number of nitrogens with two attached hydrogens (primary N) is 1. The molecule has 0 aromatic rings. The van der Waals surface area contributed by atoms with Crippen molar-refractivity contribution in [3.05, 3.63) is 0 Å². The van der Waals surface area contributed by atoms with Gasteiger partial charge in [-0.3, -0.25) is 9.59 Å². The van der Waals surface area contributed by atoms with Crippen LogP contribution >= 0.6 is 0 Å². The summed E-state index contributed by atoms with van der Waals surface area (Å²) in [4.78, 5) is 26.5. The molecule has 2 rings (SSSR count). The molecule has 6 nitrogen and oxygen atoms in total. The zero-order valence-corrected chi connectivity index (χ0v) is 13.2. The molecule has 0 spiro atoms. The Bertz CT molecular complexity index is 402. The summed E-state index contributed by atoms with van der Waals surface area (Å²) in [6.45, 7) is 5.49. The Morgan fingerprint density at radius 2 is 1.95 bits per heavy atom. The summed E-state index contributed by atoms with van der Waals surface area (Å²) in [7, 11) is 1.58. The van der Waals surface area contributed by atoms with E-state index in [1.807, 2.05) is 0 Å². The number of ether oxygens (including phenoxy) is 1. The molecule has 0 bridgehead atoms. The van der Waals surface area contributed by atoms with Crippen molar-refractivity contribution >= 4 is 11.8 Å². The second-order valence-electron chi connectivity index (χ2n) is 6.43. The SMILES string of the molecule is CNC(=O)C1COCCN1C(=O)C1CC(N)C(C)CC1C. The molecule has 2 amide bonds. The van der Waals surface area contributed by atoms with Crippen LogP contribution < -0.4 is 11.1 Å². The molecule has 3 N–H and O–H groups in total. The minimum Gasteiger partial charge on any atom is -0.377 e. The van der Waals surface area contributed by atoms with E-state index >= 15 is 0 Å². The Labute approximate surface area is 126 Å². The minimum absolute atomic E-state index is 0.0572. The maximum absolute atomic E-state index is 12.9. The van der Waals surface area contributed by atoms with Gasteiger partial charge in [-0.1, -0.05) is 13.8 Å². The zero-order chi connectivity index (χ0) is 15.6. The Balaban J connectivity index is 2.11. The van der Waals surface area contributed by atoms with Gasteiger partial charge in [-0.15, -0.1) is 0 Å². The summed E-state index contributed by atoms with van der Waals surface area (Å²) < 4.78 is 5.36. The molecule has 0 radical (unpaired) electrons. The molecule has 6 heteroatoms. The van der Waals surface area contributed by atoms with E-state index in [2.05, 4.69) is 19.2 Å². The van der Waals surface area contributed by atoms with E-state index in [0.29, 0.717) is 31.4 Å². The molecule has 1 aliphatic heterocycles. The first kappa shape index (κ1) is 16.2. The normalized spacial score (nSPS) is 37.1. The van der Waals surface area contributed by atoms with Gasteiger partial charge in [0.1, 0.15) is 6.04 Å². The molecule has 2 fully saturated rings. The van der Waals surface area contributed by atoms with Gasteiger partial charge in [-0.2, -0.15) is 0 Å². The smallest absolute Gasteiger partial charge is 0.244 e. The third-order valence-electron chi connectivity index (χ3n) is 4.97. The molecular weight excluding hydrogens is 270 g/mol. The van der Waals surface area contributed by atoms with Crippen molar-refractivity contribution in [2.24, 2.45) is 23.5 Å². The van der Waals surface area contributed by atoms with Crippen molar-refractivity contribution in [3.8, 4) is 0 Å². The summed E-state index contributed by atoms with van der Waals surface area (Å²) in [6, 6.07) is -0.450. The quantitative estimate of drug-likeness (QED) is 0.749. The molecule has 5 atom stereocenters. The van der Waals surface area contributed by atoms with Crippen molar-refractivity contribution in [2.45, 2.75) is 38.8 Å². The lowest BCUT2D eigenvalue weighted by atomic mass is 9.72. The lowest BCUT2D eigenvalue weighted by Crippen LogP contribution is -2.58. The fourth-order valence-corrected chi connectivity index (χ4v) is 3.49. The van der Waals surface area contributed by atoms with Gasteiger partial charge in [0.25, 0.3) is 0 Å². The lowest BCUT2D eigenvalue weighted by molar-refractivity contribution is -0.154. The first-order chi connectivity index (χ1) is 9.95. The first-order valence-corrected chi connectivity index (χ1v) is 7.81. The highest BCUT2D eigenvalue weighted by Gasteiger charge is 2.41. The molecule has 21 heavy (non-hydrogen) atoms. The Morgan fingerprint density at radius 3 is 2.62 bits per heavy atom. The molecule has 2 aliphatic rings. The predicted molar refractivity (Wildman–Crippen MR) is 79.4 cm³/mol. The summed E-state index contributed by atoms with van der Waals surface area (Å²) in [6.07, 6.45) is 1.67. The second-order valence-corrected chi connectivity index (χ2v) is 6.43. The number of amides is 2. The van der Waals surface area contributed by atoms with Gasteiger partial charge in [-0.25, -0.2) is 0 Å². The summed E-state index contributed by atoms with van der Waals surface area (Å²) in [5.74, 6) is 0.566. The standard InChI is InChI=1S/C15H27N3O3/c1-9-6-10(2)12(16)7-11(9)15(20)18-4-5-21-8-13(18)14(19)17-3/h9-13H,4-8,16H2,1-3H3,(H,17,19). The van der Waals surface area contributed by atoms with E-state index in [-0.39, 0.29) is 30.4 Å². The van der Waals surface area contributed by atoms with Crippen LogP contribution in [-0.4, -0.2) is 55.6 Å². The maximum atomic E-state index is 12.9. The Kier molecular flexibility index (Phi) is 5.22. The molecule has 0 aromatic heterocycles. The van der Waals surface area contributed by atoms with Crippen molar-refractivity contribution in [3.63, 3.8) is 0 Å². The second kappa shape index (κ2) is 6.75. The van der Waals surface area contributed by atoms with Crippen LogP contribution in [0.4, 0.5) is 0 Å². The van der Waals surface area contributed by atoms with Gasteiger partial charge in [-0.05, 0) is 24.7 Å². The fourth-order valence-electron chi connectivity index (χ4n) is 3.49. The number of morpholine rings is 1. The van der Waals surface area contributed by atoms with E-state index in [1.165, 1.54) is 0 Å². The summed E-state index contributed by atoms with van der Waals surface area (Å²) in [5, 5.41) is 2.61. The average molecular weight is 297 g/mol. The van der Waals surface area contributed by atoms with Gasteiger partial charge in [0.05, 0.1) is 13.2 Å². The number of carbonyl (C=O) groups excluding carboxylic acids is 2.